The van der Waals surface area contributed by atoms with Crippen LogP contribution in [-0.2, 0) is 0 Å². The normalized spacial score (nSPS) is 15.5. The predicted octanol–water partition coefficient (Wildman–Crippen LogP) is 3.72. The third-order valence-corrected chi connectivity index (χ3v) is 4.03. The Morgan fingerprint density at radius 3 is 2.38 bits per heavy atom. The smallest absolute Gasteiger partial charge is 0.196 e. The number of rotatable bonds is 6. The third-order valence-electron chi connectivity index (χ3n) is 4.03. The molecule has 0 saturated carbocycles. The second kappa shape index (κ2) is 7.21. The summed E-state index contributed by atoms with van der Waals surface area (Å²) in [6.07, 6.45) is 1.96. The summed E-state index contributed by atoms with van der Waals surface area (Å²) in [4.78, 5) is 19.7. The average Bonchev–Trinajstić information content (AvgIpc) is 3.03. The molecule has 112 valence electrons. The predicted molar refractivity (Wildman–Crippen MR) is 87.9 cm³/mol. The Bertz CT molecular complexity index is 554. The van der Waals surface area contributed by atoms with Gasteiger partial charge in [-0.1, -0.05) is 30.3 Å². The van der Waals surface area contributed by atoms with Crippen LogP contribution in [0.3, 0.4) is 0 Å². The first-order valence-corrected chi connectivity index (χ1v) is 7.78. The molecule has 0 spiro atoms. The van der Waals surface area contributed by atoms with Gasteiger partial charge in [0.05, 0.1) is 5.57 Å². The van der Waals surface area contributed by atoms with Crippen LogP contribution in [0.1, 0.15) is 44.0 Å². The molecule has 21 heavy (non-hydrogen) atoms. The number of carbonyl (C=O) groups is 1. The van der Waals surface area contributed by atoms with Gasteiger partial charge in [-0.25, -0.2) is 0 Å². The van der Waals surface area contributed by atoms with Crippen molar-refractivity contribution in [3.63, 3.8) is 0 Å². The highest BCUT2D eigenvalue weighted by Crippen LogP contribution is 2.22. The monoisotopic (exact) mass is 284 g/mol. The van der Waals surface area contributed by atoms with Gasteiger partial charge in [0.1, 0.15) is 0 Å². The maximum Gasteiger partial charge on any atom is 0.196 e. The van der Waals surface area contributed by atoms with E-state index in [1.54, 1.807) is 0 Å². The molecular formula is C18H24N2O. The summed E-state index contributed by atoms with van der Waals surface area (Å²) >= 11 is 0. The summed E-state index contributed by atoms with van der Waals surface area (Å²) in [6, 6.07) is 9.52. The van der Waals surface area contributed by atoms with Gasteiger partial charge in [0.25, 0.3) is 0 Å². The Labute approximate surface area is 127 Å². The lowest BCUT2D eigenvalue weighted by Gasteiger charge is -2.25. The molecule has 0 amide bonds. The molecule has 0 radical (unpaired) electrons. The van der Waals surface area contributed by atoms with Crippen LogP contribution in [0.4, 0.5) is 0 Å². The molecule has 1 aliphatic rings. The van der Waals surface area contributed by atoms with Gasteiger partial charge in [-0.3, -0.25) is 9.79 Å². The van der Waals surface area contributed by atoms with E-state index in [9.17, 15) is 4.79 Å². The summed E-state index contributed by atoms with van der Waals surface area (Å²) in [5.41, 5.74) is 3.58. The van der Waals surface area contributed by atoms with Crippen molar-refractivity contribution in [3.05, 3.63) is 47.2 Å². The van der Waals surface area contributed by atoms with Crippen LogP contribution in [0.25, 0.3) is 0 Å². The second-order valence-electron chi connectivity index (χ2n) is 5.26. The van der Waals surface area contributed by atoms with Crippen molar-refractivity contribution >= 4 is 11.5 Å². The first-order valence-electron chi connectivity index (χ1n) is 7.78. The standard InChI is InChI=1S/C18H24N2O/c1-4-20(5-2)14(3)17(16-12-9-13-19-16)18(21)15-10-7-6-8-11-15/h6-8,10-11H,4-5,9,12-13H2,1-3H3. The van der Waals surface area contributed by atoms with Gasteiger partial charge in [0, 0.05) is 36.6 Å². The van der Waals surface area contributed by atoms with E-state index in [4.69, 9.17) is 0 Å². The van der Waals surface area contributed by atoms with Crippen molar-refractivity contribution in [1.82, 2.24) is 4.90 Å². The van der Waals surface area contributed by atoms with Crippen LogP contribution in [-0.4, -0.2) is 36.0 Å². The maximum absolute atomic E-state index is 12.9. The van der Waals surface area contributed by atoms with Crippen molar-refractivity contribution < 1.29 is 4.79 Å². The SMILES string of the molecule is CCN(CC)C(C)=C(C(=O)c1ccccc1)C1=NCCC1. The number of hydrogen-bond acceptors (Lipinski definition) is 3. The van der Waals surface area contributed by atoms with Crippen LogP contribution in [0.5, 0.6) is 0 Å². The van der Waals surface area contributed by atoms with Crippen LogP contribution >= 0.6 is 0 Å². The van der Waals surface area contributed by atoms with Gasteiger partial charge < -0.3 is 4.90 Å². The van der Waals surface area contributed by atoms with Crippen molar-refractivity contribution in [2.75, 3.05) is 19.6 Å². The summed E-state index contributed by atoms with van der Waals surface area (Å²) in [6.45, 7) is 8.93. The fourth-order valence-electron chi connectivity index (χ4n) is 2.84. The number of Topliss-reactive ketones (excluding diaryl/α,β-unsaturated/α-hetero) is 1. The molecule has 3 nitrogen and oxygen atoms in total. The lowest BCUT2D eigenvalue weighted by Crippen LogP contribution is -2.26. The molecule has 0 unspecified atom stereocenters. The molecule has 1 aliphatic heterocycles. The van der Waals surface area contributed by atoms with E-state index in [0.717, 1.165) is 55.0 Å². The minimum absolute atomic E-state index is 0.0978. The van der Waals surface area contributed by atoms with E-state index in [1.807, 2.05) is 37.3 Å². The van der Waals surface area contributed by atoms with Crippen molar-refractivity contribution in [2.45, 2.75) is 33.6 Å². The maximum atomic E-state index is 12.9. The minimum Gasteiger partial charge on any atom is -0.375 e. The molecule has 0 aromatic heterocycles. The minimum atomic E-state index is 0.0978. The Morgan fingerprint density at radius 2 is 1.86 bits per heavy atom. The van der Waals surface area contributed by atoms with E-state index in [2.05, 4.69) is 23.7 Å². The van der Waals surface area contributed by atoms with Gasteiger partial charge in [-0.05, 0) is 33.6 Å². The third kappa shape index (κ3) is 3.41. The van der Waals surface area contributed by atoms with Gasteiger partial charge in [-0.15, -0.1) is 0 Å². The molecule has 0 aliphatic carbocycles. The Kier molecular flexibility index (Phi) is 5.32. The van der Waals surface area contributed by atoms with Crippen LogP contribution in [0, 0.1) is 0 Å². The largest absolute Gasteiger partial charge is 0.375 e. The molecule has 0 atom stereocenters. The fourth-order valence-corrected chi connectivity index (χ4v) is 2.84. The van der Waals surface area contributed by atoms with Crippen molar-refractivity contribution in [2.24, 2.45) is 4.99 Å². The Hall–Kier alpha value is -1.90. The number of ketones is 1. The van der Waals surface area contributed by atoms with Gasteiger partial charge in [0.15, 0.2) is 5.78 Å². The summed E-state index contributed by atoms with van der Waals surface area (Å²) in [5, 5.41) is 0. The first-order chi connectivity index (χ1) is 10.2. The molecule has 0 saturated heterocycles. The fraction of sp³-hybridized carbons (Fsp3) is 0.444. The number of carbonyl (C=O) groups excluding carboxylic acids is 1. The van der Waals surface area contributed by atoms with Crippen molar-refractivity contribution in [3.8, 4) is 0 Å². The number of nitrogens with zero attached hydrogens (tertiary/aromatic N) is 2. The van der Waals surface area contributed by atoms with E-state index in [-0.39, 0.29) is 5.78 Å². The highest BCUT2D eigenvalue weighted by Gasteiger charge is 2.24. The summed E-state index contributed by atoms with van der Waals surface area (Å²) < 4.78 is 0. The number of benzene rings is 1. The van der Waals surface area contributed by atoms with Gasteiger partial charge in [0.2, 0.25) is 0 Å². The molecule has 0 bridgehead atoms. The highest BCUT2D eigenvalue weighted by molar-refractivity contribution is 6.28. The van der Waals surface area contributed by atoms with Crippen LogP contribution in [0.15, 0.2) is 46.6 Å². The summed E-state index contributed by atoms with van der Waals surface area (Å²) in [7, 11) is 0. The molecule has 2 rings (SSSR count). The molecule has 0 N–H and O–H groups in total. The van der Waals surface area contributed by atoms with E-state index in [0.29, 0.717) is 0 Å². The Balaban J connectivity index is 2.46. The lowest BCUT2D eigenvalue weighted by atomic mass is 9.95. The van der Waals surface area contributed by atoms with E-state index in [1.165, 1.54) is 0 Å². The lowest BCUT2D eigenvalue weighted by molar-refractivity contribution is 0.103. The molecule has 1 heterocycles. The first kappa shape index (κ1) is 15.5. The number of allylic oxidation sites excluding steroid dienone is 2. The zero-order valence-corrected chi connectivity index (χ0v) is 13.2. The molecule has 0 fully saturated rings. The zero-order chi connectivity index (χ0) is 15.2. The van der Waals surface area contributed by atoms with Crippen molar-refractivity contribution in [1.29, 1.82) is 0 Å². The molecular weight excluding hydrogens is 260 g/mol. The van der Waals surface area contributed by atoms with Gasteiger partial charge >= 0.3 is 0 Å². The molecule has 1 aromatic rings. The van der Waals surface area contributed by atoms with Crippen LogP contribution in [0.2, 0.25) is 0 Å². The zero-order valence-electron chi connectivity index (χ0n) is 13.2. The molecule has 3 heteroatoms. The van der Waals surface area contributed by atoms with Crippen LogP contribution < -0.4 is 0 Å². The Morgan fingerprint density at radius 1 is 1.19 bits per heavy atom. The van der Waals surface area contributed by atoms with Gasteiger partial charge in [-0.2, -0.15) is 0 Å². The second-order valence-corrected chi connectivity index (χ2v) is 5.26. The van der Waals surface area contributed by atoms with E-state index < -0.39 is 0 Å². The number of hydrogen-bond donors (Lipinski definition) is 0. The highest BCUT2D eigenvalue weighted by atomic mass is 16.1. The summed E-state index contributed by atoms with van der Waals surface area (Å²) in [5.74, 6) is 0.0978. The number of aliphatic imine (C=N–C) groups is 1. The van der Waals surface area contributed by atoms with E-state index >= 15 is 0 Å². The average molecular weight is 284 g/mol. The quantitative estimate of drug-likeness (QED) is 0.589. The topological polar surface area (TPSA) is 32.7 Å². The molecule has 1 aromatic carbocycles.